The van der Waals surface area contributed by atoms with E-state index in [2.05, 4.69) is 5.32 Å². The fourth-order valence-corrected chi connectivity index (χ4v) is 2.55. The number of hydrogen-bond acceptors (Lipinski definition) is 2. The van der Waals surface area contributed by atoms with E-state index in [0.29, 0.717) is 13.2 Å². The van der Waals surface area contributed by atoms with Crippen LogP contribution in [0.2, 0.25) is 0 Å². The number of para-hydroxylation sites is 1. The van der Waals surface area contributed by atoms with Crippen LogP contribution in [0, 0.1) is 11.7 Å². The smallest absolute Gasteiger partial charge is 0.223 e. The van der Waals surface area contributed by atoms with E-state index in [1.54, 1.807) is 12.1 Å². The van der Waals surface area contributed by atoms with Crippen LogP contribution < -0.4 is 10.1 Å². The van der Waals surface area contributed by atoms with Crippen molar-refractivity contribution in [1.29, 1.82) is 0 Å². The van der Waals surface area contributed by atoms with Crippen molar-refractivity contribution in [2.24, 2.45) is 5.92 Å². The Labute approximate surface area is 129 Å². The Morgan fingerprint density at radius 2 is 1.86 bits per heavy atom. The van der Waals surface area contributed by atoms with Crippen molar-refractivity contribution in [3.63, 3.8) is 0 Å². The first-order chi connectivity index (χ1) is 10.7. The molecule has 1 aliphatic carbocycles. The highest BCUT2D eigenvalue weighted by Gasteiger charge is 2.43. The summed E-state index contributed by atoms with van der Waals surface area (Å²) in [6.45, 7) is 0.935. The van der Waals surface area contributed by atoms with Crippen molar-refractivity contribution >= 4 is 5.91 Å². The first-order valence-electron chi connectivity index (χ1n) is 7.45. The van der Waals surface area contributed by atoms with Crippen LogP contribution in [-0.4, -0.2) is 19.1 Å². The van der Waals surface area contributed by atoms with Gasteiger partial charge in [0, 0.05) is 5.92 Å². The van der Waals surface area contributed by atoms with Gasteiger partial charge in [-0.15, -0.1) is 0 Å². The molecule has 2 aromatic rings. The van der Waals surface area contributed by atoms with Crippen LogP contribution in [0.5, 0.6) is 5.75 Å². The molecule has 0 aromatic heterocycles. The van der Waals surface area contributed by atoms with Crippen LogP contribution in [0.4, 0.5) is 4.39 Å². The number of carbonyl (C=O) groups is 1. The van der Waals surface area contributed by atoms with Gasteiger partial charge in [-0.25, -0.2) is 4.39 Å². The highest BCUT2D eigenvalue weighted by Crippen LogP contribution is 2.47. The Morgan fingerprint density at radius 1 is 1.14 bits per heavy atom. The van der Waals surface area contributed by atoms with Gasteiger partial charge in [0.2, 0.25) is 5.91 Å². The van der Waals surface area contributed by atoms with Gasteiger partial charge in [-0.1, -0.05) is 30.3 Å². The molecule has 2 aromatic carbocycles. The molecule has 0 radical (unpaired) electrons. The molecular weight excluding hydrogens is 281 g/mol. The topological polar surface area (TPSA) is 38.3 Å². The van der Waals surface area contributed by atoms with Crippen molar-refractivity contribution in [2.45, 2.75) is 12.3 Å². The zero-order chi connectivity index (χ0) is 15.4. The molecule has 22 heavy (non-hydrogen) atoms. The van der Waals surface area contributed by atoms with Gasteiger partial charge < -0.3 is 10.1 Å². The van der Waals surface area contributed by atoms with Crippen molar-refractivity contribution < 1.29 is 13.9 Å². The summed E-state index contributed by atoms with van der Waals surface area (Å²) in [6.07, 6.45) is 0.830. The molecular formula is C18H18FNO2. The summed E-state index contributed by atoms with van der Waals surface area (Å²) in [7, 11) is 0. The molecule has 1 amide bonds. The first-order valence-corrected chi connectivity index (χ1v) is 7.45. The third kappa shape index (κ3) is 3.64. The Bertz CT molecular complexity index is 627. The lowest BCUT2D eigenvalue weighted by atomic mass is 10.1. The number of amides is 1. The number of rotatable bonds is 6. The summed E-state index contributed by atoms with van der Waals surface area (Å²) >= 11 is 0. The Hall–Kier alpha value is -2.36. The van der Waals surface area contributed by atoms with Crippen molar-refractivity contribution in [3.8, 4) is 5.75 Å². The molecule has 0 aliphatic heterocycles. The van der Waals surface area contributed by atoms with Gasteiger partial charge >= 0.3 is 0 Å². The number of halogens is 1. The SMILES string of the molecule is O=C(NCCOc1ccccc1)C1CC1c1ccc(F)cc1. The quantitative estimate of drug-likeness (QED) is 0.832. The molecule has 0 spiro atoms. The number of benzene rings is 2. The molecule has 2 atom stereocenters. The average molecular weight is 299 g/mol. The largest absolute Gasteiger partial charge is 0.492 e. The van der Waals surface area contributed by atoms with Gasteiger partial charge in [0.15, 0.2) is 0 Å². The summed E-state index contributed by atoms with van der Waals surface area (Å²) in [6, 6.07) is 15.9. The Morgan fingerprint density at radius 3 is 2.59 bits per heavy atom. The second-order valence-electron chi connectivity index (χ2n) is 5.45. The fraction of sp³-hybridized carbons (Fsp3) is 0.278. The predicted octanol–water partition coefficient (Wildman–Crippen LogP) is 3.12. The summed E-state index contributed by atoms with van der Waals surface area (Å²) in [5.74, 6) is 0.819. The summed E-state index contributed by atoms with van der Waals surface area (Å²) in [5.41, 5.74) is 1.03. The highest BCUT2D eigenvalue weighted by atomic mass is 19.1. The molecule has 1 N–H and O–H groups in total. The van der Waals surface area contributed by atoms with Gasteiger partial charge in [-0.05, 0) is 42.2 Å². The van der Waals surface area contributed by atoms with E-state index in [1.807, 2.05) is 30.3 Å². The molecule has 2 unspecified atom stereocenters. The van der Waals surface area contributed by atoms with E-state index in [-0.39, 0.29) is 23.6 Å². The summed E-state index contributed by atoms with van der Waals surface area (Å²) in [4.78, 5) is 12.0. The van der Waals surface area contributed by atoms with E-state index in [4.69, 9.17) is 4.74 Å². The van der Waals surface area contributed by atoms with Gasteiger partial charge in [0.1, 0.15) is 18.2 Å². The van der Waals surface area contributed by atoms with Crippen LogP contribution in [0.15, 0.2) is 54.6 Å². The van der Waals surface area contributed by atoms with Gasteiger partial charge in [0.25, 0.3) is 0 Å². The second-order valence-corrected chi connectivity index (χ2v) is 5.45. The molecule has 1 saturated carbocycles. The predicted molar refractivity (Wildman–Crippen MR) is 82.2 cm³/mol. The van der Waals surface area contributed by atoms with Crippen LogP contribution in [0.3, 0.4) is 0 Å². The van der Waals surface area contributed by atoms with Gasteiger partial charge in [-0.3, -0.25) is 4.79 Å². The molecule has 1 fully saturated rings. The van der Waals surface area contributed by atoms with Crippen molar-refractivity contribution in [1.82, 2.24) is 5.32 Å². The molecule has 0 heterocycles. The molecule has 0 bridgehead atoms. The maximum Gasteiger partial charge on any atom is 0.223 e. The molecule has 0 saturated heterocycles. The average Bonchev–Trinajstić information content (AvgIpc) is 3.34. The number of hydrogen-bond donors (Lipinski definition) is 1. The summed E-state index contributed by atoms with van der Waals surface area (Å²) in [5, 5.41) is 2.89. The van der Waals surface area contributed by atoms with E-state index < -0.39 is 0 Å². The minimum atomic E-state index is -0.247. The lowest BCUT2D eigenvalue weighted by Gasteiger charge is -2.07. The minimum absolute atomic E-state index is 0.00202. The zero-order valence-corrected chi connectivity index (χ0v) is 12.2. The molecule has 1 aliphatic rings. The monoisotopic (exact) mass is 299 g/mol. The van der Waals surface area contributed by atoms with Crippen LogP contribution >= 0.6 is 0 Å². The minimum Gasteiger partial charge on any atom is -0.492 e. The third-order valence-electron chi connectivity index (χ3n) is 3.84. The number of nitrogens with one attached hydrogen (secondary N) is 1. The van der Waals surface area contributed by atoms with E-state index >= 15 is 0 Å². The lowest BCUT2D eigenvalue weighted by molar-refractivity contribution is -0.122. The third-order valence-corrected chi connectivity index (χ3v) is 3.84. The molecule has 3 nitrogen and oxygen atoms in total. The standard InChI is InChI=1S/C18H18FNO2/c19-14-8-6-13(7-9-14)16-12-17(16)18(21)20-10-11-22-15-4-2-1-3-5-15/h1-9,16-17H,10-12H2,(H,20,21). The molecule has 114 valence electrons. The van der Waals surface area contributed by atoms with E-state index in [1.165, 1.54) is 12.1 Å². The second kappa shape index (κ2) is 6.60. The van der Waals surface area contributed by atoms with Gasteiger partial charge in [0.05, 0.1) is 6.54 Å². The summed E-state index contributed by atoms with van der Waals surface area (Å²) < 4.78 is 18.4. The number of carbonyl (C=O) groups excluding carboxylic acids is 1. The maximum atomic E-state index is 12.9. The van der Waals surface area contributed by atoms with Crippen LogP contribution in [0.1, 0.15) is 17.9 Å². The lowest BCUT2D eigenvalue weighted by Crippen LogP contribution is -2.29. The van der Waals surface area contributed by atoms with Crippen LogP contribution in [0.25, 0.3) is 0 Å². The van der Waals surface area contributed by atoms with Gasteiger partial charge in [-0.2, -0.15) is 0 Å². The maximum absolute atomic E-state index is 12.9. The van der Waals surface area contributed by atoms with E-state index in [0.717, 1.165) is 17.7 Å². The Kier molecular flexibility index (Phi) is 4.37. The first kappa shape index (κ1) is 14.6. The van der Waals surface area contributed by atoms with Crippen molar-refractivity contribution in [2.75, 3.05) is 13.2 Å². The molecule has 4 heteroatoms. The van der Waals surface area contributed by atoms with Crippen LogP contribution in [-0.2, 0) is 4.79 Å². The normalized spacial score (nSPS) is 19.5. The highest BCUT2D eigenvalue weighted by molar-refractivity contribution is 5.82. The number of ether oxygens (including phenoxy) is 1. The zero-order valence-electron chi connectivity index (χ0n) is 12.2. The van der Waals surface area contributed by atoms with Crippen molar-refractivity contribution in [3.05, 3.63) is 66.0 Å². The van der Waals surface area contributed by atoms with E-state index in [9.17, 15) is 9.18 Å². The fourth-order valence-electron chi connectivity index (χ4n) is 2.55. The Balaban J connectivity index is 1.39. The molecule has 3 rings (SSSR count).